The van der Waals surface area contributed by atoms with Crippen LogP contribution in [0.25, 0.3) is 53.2 Å². The van der Waals surface area contributed by atoms with E-state index in [1.165, 1.54) is 53.2 Å². The molecule has 8 rings (SSSR count). The molecule has 0 aliphatic rings. The summed E-state index contributed by atoms with van der Waals surface area (Å²) in [5, 5.41) is 5.15. The number of rotatable bonds is 5. The van der Waals surface area contributed by atoms with Crippen LogP contribution in [0.5, 0.6) is 0 Å². The zero-order valence-electron chi connectivity index (χ0n) is 22.9. The second-order valence-corrected chi connectivity index (χ2v) is 11.7. The van der Waals surface area contributed by atoms with E-state index in [0.717, 1.165) is 17.1 Å². The predicted octanol–water partition coefficient (Wildman–Crippen LogP) is 12.0. The molecular weight excluding hydrogens is 527 g/mol. The van der Waals surface area contributed by atoms with E-state index in [1.54, 1.807) is 0 Å². The summed E-state index contributed by atoms with van der Waals surface area (Å²) >= 11 is 1.85. The third kappa shape index (κ3) is 4.34. The molecule has 198 valence electrons. The largest absolute Gasteiger partial charge is 0.310 e. The molecule has 0 aliphatic heterocycles. The molecule has 2 heteroatoms. The third-order valence-electron chi connectivity index (χ3n) is 8.03. The molecule has 42 heavy (non-hydrogen) atoms. The van der Waals surface area contributed by atoms with E-state index in [1.807, 2.05) is 11.3 Å². The van der Waals surface area contributed by atoms with E-state index in [4.69, 9.17) is 0 Å². The van der Waals surface area contributed by atoms with Gasteiger partial charge >= 0.3 is 0 Å². The van der Waals surface area contributed by atoms with E-state index < -0.39 is 0 Å². The Morgan fingerprint density at radius 2 is 0.976 bits per heavy atom. The minimum absolute atomic E-state index is 1.13. The number of anilines is 3. The van der Waals surface area contributed by atoms with Crippen molar-refractivity contribution in [3.05, 3.63) is 164 Å². The fraction of sp³-hybridized carbons (Fsp3) is 0. The Bertz CT molecular complexity index is 2200. The van der Waals surface area contributed by atoms with Crippen LogP contribution < -0.4 is 4.90 Å². The van der Waals surface area contributed by atoms with Crippen molar-refractivity contribution < 1.29 is 0 Å². The first-order valence-corrected chi connectivity index (χ1v) is 15.1. The summed E-state index contributed by atoms with van der Waals surface area (Å²) in [6.45, 7) is 0. The molecule has 1 heterocycles. The lowest BCUT2D eigenvalue weighted by Gasteiger charge is -2.26. The first-order chi connectivity index (χ1) is 20.8. The smallest absolute Gasteiger partial charge is 0.0468 e. The molecular formula is C40H27NS. The van der Waals surface area contributed by atoms with Gasteiger partial charge in [-0.1, -0.05) is 109 Å². The van der Waals surface area contributed by atoms with Crippen molar-refractivity contribution >= 4 is 59.3 Å². The van der Waals surface area contributed by atoms with Gasteiger partial charge in [-0.25, -0.2) is 0 Å². The summed E-state index contributed by atoms with van der Waals surface area (Å²) in [7, 11) is 0. The van der Waals surface area contributed by atoms with Crippen LogP contribution in [0.15, 0.2) is 164 Å². The molecule has 0 saturated heterocycles. The standard InChI is InChI=1S/C40H27NS/c1-2-16-32(17-3-1)41(34-23-24-40-38(27-34)37-20-6-7-22-39(37)42-40)33-18-9-14-30(26-33)29-13-8-15-31(25-29)36-21-10-12-28-11-4-5-19-35(28)36/h1-27H. The predicted molar refractivity (Wildman–Crippen MR) is 182 cm³/mol. The van der Waals surface area contributed by atoms with E-state index in [-0.39, 0.29) is 0 Å². The molecule has 0 radical (unpaired) electrons. The molecule has 0 spiro atoms. The Morgan fingerprint density at radius 1 is 0.357 bits per heavy atom. The second kappa shape index (κ2) is 10.3. The van der Waals surface area contributed by atoms with Crippen LogP contribution in [0, 0.1) is 0 Å². The topological polar surface area (TPSA) is 3.24 Å². The summed E-state index contributed by atoms with van der Waals surface area (Å²) in [5.74, 6) is 0. The molecule has 0 bridgehead atoms. The molecule has 0 fully saturated rings. The van der Waals surface area contributed by atoms with Crippen LogP contribution in [0.1, 0.15) is 0 Å². The highest BCUT2D eigenvalue weighted by molar-refractivity contribution is 7.25. The SMILES string of the molecule is c1ccc(N(c2cccc(-c3cccc(-c4cccc5ccccc45)c3)c2)c2ccc3sc4ccccc4c3c2)cc1. The monoisotopic (exact) mass is 553 g/mol. The van der Waals surface area contributed by atoms with Crippen LogP contribution in [0.2, 0.25) is 0 Å². The normalized spacial score (nSPS) is 11.3. The third-order valence-corrected chi connectivity index (χ3v) is 9.19. The second-order valence-electron chi connectivity index (χ2n) is 10.6. The summed E-state index contributed by atoms with van der Waals surface area (Å²) in [5.41, 5.74) is 8.30. The Labute approximate surface area is 249 Å². The summed E-state index contributed by atoms with van der Waals surface area (Å²) in [6.07, 6.45) is 0. The van der Waals surface area contributed by atoms with Gasteiger partial charge in [-0.05, 0) is 87.6 Å². The van der Waals surface area contributed by atoms with E-state index in [9.17, 15) is 0 Å². The fourth-order valence-corrected chi connectivity index (χ4v) is 7.13. The van der Waals surface area contributed by atoms with Gasteiger partial charge in [-0.3, -0.25) is 0 Å². The van der Waals surface area contributed by atoms with Crippen LogP contribution in [-0.4, -0.2) is 0 Å². The molecule has 8 aromatic rings. The van der Waals surface area contributed by atoms with Crippen molar-refractivity contribution in [2.45, 2.75) is 0 Å². The lowest BCUT2D eigenvalue weighted by atomic mass is 9.95. The summed E-state index contributed by atoms with van der Waals surface area (Å²) in [4.78, 5) is 2.37. The van der Waals surface area contributed by atoms with Crippen LogP contribution in [-0.2, 0) is 0 Å². The Hall–Kier alpha value is -5.18. The average molecular weight is 554 g/mol. The summed E-state index contributed by atoms with van der Waals surface area (Å²) < 4.78 is 2.64. The van der Waals surface area contributed by atoms with Gasteiger partial charge in [0, 0.05) is 37.2 Å². The molecule has 0 amide bonds. The maximum atomic E-state index is 2.37. The Balaban J connectivity index is 1.25. The molecule has 7 aromatic carbocycles. The molecule has 0 atom stereocenters. The lowest BCUT2D eigenvalue weighted by molar-refractivity contribution is 1.29. The maximum Gasteiger partial charge on any atom is 0.0468 e. The van der Waals surface area contributed by atoms with Crippen molar-refractivity contribution in [1.29, 1.82) is 0 Å². The number of thiophene rings is 1. The van der Waals surface area contributed by atoms with Crippen LogP contribution in [0.3, 0.4) is 0 Å². The molecule has 0 aliphatic carbocycles. The molecule has 1 aromatic heterocycles. The lowest BCUT2D eigenvalue weighted by Crippen LogP contribution is -2.09. The number of fused-ring (bicyclic) bond motifs is 4. The van der Waals surface area contributed by atoms with Gasteiger partial charge in [0.2, 0.25) is 0 Å². The molecule has 0 saturated carbocycles. The molecule has 0 unspecified atom stereocenters. The summed E-state index contributed by atoms with van der Waals surface area (Å²) in [6, 6.07) is 59.2. The van der Waals surface area contributed by atoms with Crippen LogP contribution in [0.4, 0.5) is 17.1 Å². The van der Waals surface area contributed by atoms with Gasteiger partial charge in [0.25, 0.3) is 0 Å². The Kier molecular flexibility index (Phi) is 6.05. The van der Waals surface area contributed by atoms with Crippen LogP contribution >= 0.6 is 11.3 Å². The molecule has 0 N–H and O–H groups in total. The van der Waals surface area contributed by atoms with Gasteiger partial charge < -0.3 is 4.90 Å². The van der Waals surface area contributed by atoms with Crippen molar-refractivity contribution in [3.63, 3.8) is 0 Å². The fourth-order valence-electron chi connectivity index (χ4n) is 6.05. The highest BCUT2D eigenvalue weighted by atomic mass is 32.1. The number of hydrogen-bond donors (Lipinski definition) is 0. The van der Waals surface area contributed by atoms with Crippen molar-refractivity contribution in [2.75, 3.05) is 4.90 Å². The van der Waals surface area contributed by atoms with Gasteiger partial charge in [-0.2, -0.15) is 0 Å². The van der Waals surface area contributed by atoms with Crippen molar-refractivity contribution in [1.82, 2.24) is 0 Å². The first kappa shape index (κ1) is 24.6. The number of benzene rings is 7. The average Bonchev–Trinajstić information content (AvgIpc) is 3.43. The van der Waals surface area contributed by atoms with Gasteiger partial charge in [0.05, 0.1) is 0 Å². The van der Waals surface area contributed by atoms with Gasteiger partial charge in [0.1, 0.15) is 0 Å². The maximum absolute atomic E-state index is 2.37. The van der Waals surface area contributed by atoms with E-state index >= 15 is 0 Å². The minimum Gasteiger partial charge on any atom is -0.310 e. The van der Waals surface area contributed by atoms with Gasteiger partial charge in [-0.15, -0.1) is 11.3 Å². The quantitative estimate of drug-likeness (QED) is 0.205. The van der Waals surface area contributed by atoms with E-state index in [2.05, 4.69) is 169 Å². The number of nitrogens with zero attached hydrogens (tertiary/aromatic N) is 1. The number of hydrogen-bond acceptors (Lipinski definition) is 2. The first-order valence-electron chi connectivity index (χ1n) is 14.3. The zero-order chi connectivity index (χ0) is 27.9. The van der Waals surface area contributed by atoms with Crippen molar-refractivity contribution in [2.24, 2.45) is 0 Å². The highest BCUT2D eigenvalue weighted by Crippen LogP contribution is 2.41. The minimum atomic E-state index is 1.13. The van der Waals surface area contributed by atoms with Gasteiger partial charge in [0.15, 0.2) is 0 Å². The molecule has 1 nitrogen and oxygen atoms in total. The number of para-hydroxylation sites is 1. The zero-order valence-corrected chi connectivity index (χ0v) is 23.8. The Morgan fingerprint density at radius 3 is 1.88 bits per heavy atom. The van der Waals surface area contributed by atoms with Crippen molar-refractivity contribution in [3.8, 4) is 22.3 Å². The van der Waals surface area contributed by atoms with E-state index in [0.29, 0.717) is 0 Å². The highest BCUT2D eigenvalue weighted by Gasteiger charge is 2.15.